The first-order chi connectivity index (χ1) is 20.9. The summed E-state index contributed by atoms with van der Waals surface area (Å²) >= 11 is 0. The average molecular weight is 592 g/mol. The number of nitrogens with zero attached hydrogens (tertiary/aromatic N) is 5. The van der Waals surface area contributed by atoms with Crippen LogP contribution >= 0.6 is 0 Å². The zero-order valence-electron chi connectivity index (χ0n) is 24.0. The number of fused-ring (bicyclic) bond motifs is 1. The minimum absolute atomic E-state index is 0.0266. The number of hydrogen-bond donors (Lipinski definition) is 5. The van der Waals surface area contributed by atoms with Gasteiger partial charge in [-0.3, -0.25) is 4.79 Å². The first-order valence-electron chi connectivity index (χ1n) is 14.4. The molecule has 0 radical (unpaired) electrons. The highest BCUT2D eigenvalue weighted by molar-refractivity contribution is 6.02. The number of aliphatic hydroxyl groups is 2. The maximum atomic E-state index is 12.8. The van der Waals surface area contributed by atoms with Crippen LogP contribution in [0.4, 0.5) is 5.69 Å². The van der Waals surface area contributed by atoms with E-state index >= 15 is 0 Å². The summed E-state index contributed by atoms with van der Waals surface area (Å²) in [5.74, 6) is -0.542. The number of methoxy groups -OCH3 is 1. The Bertz CT molecular complexity index is 1480. The number of anilines is 1. The number of carbonyl (C=O) groups excluding carboxylic acids is 1. The number of amides is 1. The molecule has 5 atom stereocenters. The SMILES string of the molecule is CO[C@H]1O[C@H](Cn2cc(CNC(=O)/C(C#N)=C/c3ccc4cc(N5CCCCC5)ccc4c3)nn2)[C@@H](O)C[C@H](O)[C@H]1NO. The van der Waals surface area contributed by atoms with Crippen molar-refractivity contribution in [2.45, 2.75) is 69.4 Å². The molecule has 43 heavy (non-hydrogen) atoms. The summed E-state index contributed by atoms with van der Waals surface area (Å²) in [5.41, 5.74) is 4.32. The molecule has 1 aromatic heterocycles. The molecule has 0 spiro atoms. The smallest absolute Gasteiger partial charge is 0.262 e. The highest BCUT2D eigenvalue weighted by atomic mass is 16.7. The Morgan fingerprint density at radius 1 is 1.16 bits per heavy atom. The summed E-state index contributed by atoms with van der Waals surface area (Å²) in [6.07, 6.45) is 2.80. The molecule has 2 aliphatic heterocycles. The van der Waals surface area contributed by atoms with Crippen LogP contribution in [0, 0.1) is 11.3 Å². The van der Waals surface area contributed by atoms with Crippen molar-refractivity contribution >= 4 is 28.4 Å². The first-order valence-corrected chi connectivity index (χ1v) is 14.4. The summed E-state index contributed by atoms with van der Waals surface area (Å²) < 4.78 is 12.4. The van der Waals surface area contributed by atoms with E-state index in [0.717, 1.165) is 29.4 Å². The number of piperidine rings is 1. The lowest BCUT2D eigenvalue weighted by Crippen LogP contribution is -2.48. The van der Waals surface area contributed by atoms with Gasteiger partial charge in [0.05, 0.1) is 31.5 Å². The lowest BCUT2D eigenvalue weighted by molar-refractivity contribution is -0.200. The number of aliphatic hydroxyl groups excluding tert-OH is 2. The van der Waals surface area contributed by atoms with Crippen molar-refractivity contribution in [3.8, 4) is 6.07 Å². The Balaban J connectivity index is 1.19. The second-order valence-corrected chi connectivity index (χ2v) is 10.9. The van der Waals surface area contributed by atoms with E-state index in [9.17, 15) is 25.5 Å². The molecule has 13 heteroatoms. The molecule has 2 fully saturated rings. The van der Waals surface area contributed by atoms with Gasteiger partial charge in [-0.2, -0.15) is 10.7 Å². The van der Waals surface area contributed by atoms with Gasteiger partial charge in [-0.15, -0.1) is 5.10 Å². The van der Waals surface area contributed by atoms with Crippen molar-refractivity contribution in [1.29, 1.82) is 5.26 Å². The third kappa shape index (κ3) is 7.37. The third-order valence-corrected chi connectivity index (χ3v) is 7.94. The first kappa shape index (κ1) is 30.6. The minimum Gasteiger partial charge on any atom is -0.391 e. The van der Waals surface area contributed by atoms with Crippen LogP contribution in [0.3, 0.4) is 0 Å². The zero-order chi connectivity index (χ0) is 30.3. The number of rotatable bonds is 9. The molecule has 3 heterocycles. The number of benzene rings is 2. The predicted molar refractivity (Wildman–Crippen MR) is 156 cm³/mol. The van der Waals surface area contributed by atoms with Crippen molar-refractivity contribution in [1.82, 2.24) is 25.8 Å². The molecule has 2 aliphatic rings. The maximum absolute atomic E-state index is 12.8. The Morgan fingerprint density at radius 3 is 2.67 bits per heavy atom. The highest BCUT2D eigenvalue weighted by Gasteiger charge is 2.39. The maximum Gasteiger partial charge on any atom is 0.262 e. The second-order valence-electron chi connectivity index (χ2n) is 10.9. The summed E-state index contributed by atoms with van der Waals surface area (Å²) in [6.45, 7) is 2.26. The van der Waals surface area contributed by atoms with E-state index in [1.807, 2.05) is 29.7 Å². The number of nitriles is 1. The van der Waals surface area contributed by atoms with E-state index in [-0.39, 0.29) is 25.1 Å². The summed E-state index contributed by atoms with van der Waals surface area (Å²) in [7, 11) is 1.36. The molecule has 2 saturated heterocycles. The molecule has 0 unspecified atom stereocenters. The van der Waals surface area contributed by atoms with Gasteiger partial charge in [-0.05, 0) is 59.9 Å². The molecule has 2 aromatic carbocycles. The van der Waals surface area contributed by atoms with E-state index in [1.165, 1.54) is 36.7 Å². The Morgan fingerprint density at radius 2 is 1.93 bits per heavy atom. The van der Waals surface area contributed by atoms with Crippen LogP contribution in [0.1, 0.15) is 36.9 Å². The minimum atomic E-state index is -1.11. The van der Waals surface area contributed by atoms with Gasteiger partial charge in [0.1, 0.15) is 29.5 Å². The largest absolute Gasteiger partial charge is 0.391 e. The normalized spacial score (nSPS) is 24.9. The lowest BCUT2D eigenvalue weighted by Gasteiger charge is -2.29. The summed E-state index contributed by atoms with van der Waals surface area (Å²) in [4.78, 5) is 15.2. The van der Waals surface area contributed by atoms with Gasteiger partial charge in [-0.1, -0.05) is 23.4 Å². The van der Waals surface area contributed by atoms with Crippen LogP contribution in [0.25, 0.3) is 16.8 Å². The van der Waals surface area contributed by atoms with Crippen molar-refractivity contribution in [2.24, 2.45) is 0 Å². The van der Waals surface area contributed by atoms with Crippen molar-refractivity contribution < 1.29 is 29.7 Å². The van der Waals surface area contributed by atoms with Gasteiger partial charge in [0.25, 0.3) is 5.91 Å². The van der Waals surface area contributed by atoms with Crippen LogP contribution in [0.5, 0.6) is 0 Å². The fourth-order valence-corrected chi connectivity index (χ4v) is 5.55. The summed E-state index contributed by atoms with van der Waals surface area (Å²) in [6, 6.07) is 13.3. The number of hydroxylamine groups is 1. The van der Waals surface area contributed by atoms with Gasteiger partial charge in [0.15, 0.2) is 6.29 Å². The van der Waals surface area contributed by atoms with Crippen molar-refractivity contribution in [3.05, 3.63) is 59.4 Å². The molecule has 5 N–H and O–H groups in total. The molecule has 13 nitrogen and oxygen atoms in total. The molecular weight excluding hydrogens is 554 g/mol. The van der Waals surface area contributed by atoms with Crippen LogP contribution in [0.2, 0.25) is 0 Å². The van der Waals surface area contributed by atoms with E-state index in [0.29, 0.717) is 5.69 Å². The molecule has 1 amide bonds. The van der Waals surface area contributed by atoms with Crippen LogP contribution in [-0.2, 0) is 27.4 Å². The zero-order valence-corrected chi connectivity index (χ0v) is 24.0. The summed E-state index contributed by atoms with van der Waals surface area (Å²) in [5, 5.41) is 52.7. The van der Waals surface area contributed by atoms with Gasteiger partial charge in [-0.25, -0.2) is 4.68 Å². The fraction of sp³-hybridized carbons (Fsp3) is 0.467. The standard InChI is InChI=1S/C30H37N7O6/c1-42-30-28(34-41)26(39)14-25(38)27(43-30)18-37-17-23(33-35-37)16-32-29(40)22(15-31)12-19-5-6-21-13-24(8-7-20(21)11-19)36-9-3-2-4-10-36/h5-8,11-13,17,25-28,30,34,38-39,41H,2-4,9-10,14,16,18H2,1H3,(H,32,40)/b22-12+/t25-,26-,27+,28+,30-/m0/s1. The molecular formula is C30H37N7O6. The van der Waals surface area contributed by atoms with E-state index in [2.05, 4.69) is 38.7 Å². The number of nitrogens with one attached hydrogen (secondary N) is 2. The van der Waals surface area contributed by atoms with E-state index in [4.69, 9.17) is 9.47 Å². The van der Waals surface area contributed by atoms with Gasteiger partial charge in [0, 0.05) is 32.3 Å². The quantitative estimate of drug-likeness (QED) is 0.138. The van der Waals surface area contributed by atoms with Gasteiger partial charge in [0.2, 0.25) is 0 Å². The predicted octanol–water partition coefficient (Wildman–Crippen LogP) is 1.48. The number of carbonyl (C=O) groups is 1. The molecule has 0 aliphatic carbocycles. The number of hydrogen-bond acceptors (Lipinski definition) is 11. The van der Waals surface area contributed by atoms with E-state index in [1.54, 1.807) is 12.3 Å². The Kier molecular flexibility index (Phi) is 9.98. The Labute approximate surface area is 249 Å². The Hall–Kier alpha value is -3.90. The second kappa shape index (κ2) is 14.0. The highest BCUT2D eigenvalue weighted by Crippen LogP contribution is 2.26. The number of aromatic nitrogens is 3. The number of ether oxygens (including phenoxy) is 2. The molecule has 228 valence electrons. The van der Waals surface area contributed by atoms with Crippen molar-refractivity contribution in [2.75, 3.05) is 25.1 Å². The van der Waals surface area contributed by atoms with Crippen molar-refractivity contribution in [3.63, 3.8) is 0 Å². The van der Waals surface area contributed by atoms with Crippen LogP contribution in [0.15, 0.2) is 48.2 Å². The monoisotopic (exact) mass is 591 g/mol. The average Bonchev–Trinajstić information content (AvgIpc) is 3.44. The fourth-order valence-electron chi connectivity index (χ4n) is 5.55. The van der Waals surface area contributed by atoms with Gasteiger partial charge < -0.3 is 35.1 Å². The van der Waals surface area contributed by atoms with E-state index < -0.39 is 36.6 Å². The molecule has 3 aromatic rings. The topological polar surface area (TPSA) is 178 Å². The lowest BCUT2D eigenvalue weighted by atomic mass is 10.0. The molecule has 0 bridgehead atoms. The molecule has 0 saturated carbocycles. The van der Waals surface area contributed by atoms with Crippen LogP contribution in [-0.4, -0.2) is 87.2 Å². The molecule has 5 rings (SSSR count). The third-order valence-electron chi connectivity index (χ3n) is 7.94. The van der Waals surface area contributed by atoms with Gasteiger partial charge >= 0.3 is 0 Å². The van der Waals surface area contributed by atoms with Crippen LogP contribution < -0.4 is 15.7 Å².